The number of amides is 1. The first-order chi connectivity index (χ1) is 14.1. The van der Waals surface area contributed by atoms with E-state index in [2.05, 4.69) is 25.5 Å². The van der Waals surface area contributed by atoms with E-state index >= 15 is 0 Å². The molecule has 0 bridgehead atoms. The molecule has 146 valence electrons. The zero-order chi connectivity index (χ0) is 20.2. The third-order valence-corrected chi connectivity index (χ3v) is 5.80. The number of aromatic nitrogens is 3. The number of H-pyrrole nitrogens is 1. The summed E-state index contributed by atoms with van der Waals surface area (Å²) in [6.07, 6.45) is 0. The van der Waals surface area contributed by atoms with Crippen molar-refractivity contribution in [2.45, 2.75) is 17.8 Å². The molecule has 4 N–H and O–H groups in total. The lowest BCUT2D eigenvalue weighted by molar-refractivity contribution is 0.0955. The van der Waals surface area contributed by atoms with Gasteiger partial charge in [0.1, 0.15) is 0 Å². The van der Waals surface area contributed by atoms with Crippen LogP contribution in [0.15, 0.2) is 64.2 Å². The van der Waals surface area contributed by atoms with E-state index in [1.807, 2.05) is 36.4 Å². The summed E-state index contributed by atoms with van der Waals surface area (Å²) in [5, 5.41) is 7.24. The summed E-state index contributed by atoms with van der Waals surface area (Å²) < 4.78 is 0. The molecule has 29 heavy (non-hydrogen) atoms. The van der Waals surface area contributed by atoms with E-state index in [1.165, 1.54) is 11.3 Å². The third-order valence-electron chi connectivity index (χ3n) is 4.18. The lowest BCUT2D eigenvalue weighted by Crippen LogP contribution is -2.19. The number of carbonyl (C=O) groups is 1. The Balaban J connectivity index is 1.35. The molecular weight excluding hydrogens is 404 g/mol. The van der Waals surface area contributed by atoms with E-state index in [-0.39, 0.29) is 5.91 Å². The van der Waals surface area contributed by atoms with Gasteiger partial charge in [-0.2, -0.15) is 5.10 Å². The third kappa shape index (κ3) is 4.64. The van der Waals surface area contributed by atoms with Crippen LogP contribution >= 0.6 is 23.1 Å². The van der Waals surface area contributed by atoms with Crippen LogP contribution in [0, 0.1) is 0 Å². The van der Waals surface area contributed by atoms with Gasteiger partial charge in [-0.15, -0.1) is 11.3 Å². The van der Waals surface area contributed by atoms with Gasteiger partial charge < -0.3 is 10.7 Å². The van der Waals surface area contributed by atoms with Crippen molar-refractivity contribution in [1.29, 1.82) is 0 Å². The average Bonchev–Trinajstić information content (AvgIpc) is 3.36. The summed E-state index contributed by atoms with van der Waals surface area (Å²) in [5.74, 6) is 0.480. The first kappa shape index (κ1) is 19.2. The van der Waals surface area contributed by atoms with Gasteiger partial charge in [-0.25, -0.2) is 15.4 Å². The number of nitrogen functional groups attached to an aromatic ring is 1. The van der Waals surface area contributed by atoms with E-state index in [1.54, 1.807) is 36.2 Å². The molecule has 0 saturated carbocycles. The smallest absolute Gasteiger partial charge is 0.271 e. The number of nitrogens with zero attached hydrogens (tertiary/aromatic N) is 3. The number of thioether (sulfide) groups is 1. The Hall–Kier alpha value is -3.17. The van der Waals surface area contributed by atoms with Crippen LogP contribution in [-0.4, -0.2) is 26.6 Å². The standard InChI is InChI=1S/C20H18N6OS2/c1-12(17-11-28-19(21)22-17)25-26-18(27)14-8-6-13(7-9-14)10-29-20-23-15-4-2-3-5-16(15)24-20/h2-9,11H,10H2,1H3,(H2,21,22)(H,23,24)(H,26,27)/b25-12+. The fourth-order valence-corrected chi connectivity index (χ4v) is 4.06. The monoisotopic (exact) mass is 422 g/mol. The van der Waals surface area contributed by atoms with Crippen LogP contribution in [-0.2, 0) is 5.75 Å². The highest BCUT2D eigenvalue weighted by Gasteiger charge is 2.08. The number of hydrogen-bond donors (Lipinski definition) is 3. The maximum atomic E-state index is 12.3. The molecule has 7 nitrogen and oxygen atoms in total. The van der Waals surface area contributed by atoms with E-state index in [0.717, 1.165) is 27.5 Å². The summed E-state index contributed by atoms with van der Waals surface area (Å²) in [6.45, 7) is 1.77. The molecule has 2 heterocycles. The highest BCUT2D eigenvalue weighted by molar-refractivity contribution is 7.98. The summed E-state index contributed by atoms with van der Waals surface area (Å²) in [6, 6.07) is 15.4. The van der Waals surface area contributed by atoms with E-state index < -0.39 is 0 Å². The fourth-order valence-electron chi connectivity index (χ4n) is 2.61. The maximum absolute atomic E-state index is 12.3. The van der Waals surface area contributed by atoms with Crippen LogP contribution in [0.4, 0.5) is 5.13 Å². The molecule has 0 atom stereocenters. The second kappa shape index (κ2) is 8.46. The van der Waals surface area contributed by atoms with Crippen molar-refractivity contribution < 1.29 is 4.79 Å². The second-order valence-corrected chi connectivity index (χ2v) is 8.11. The number of anilines is 1. The zero-order valence-corrected chi connectivity index (χ0v) is 17.2. The number of thiazole rings is 1. The Labute approximate surface area is 175 Å². The highest BCUT2D eigenvalue weighted by atomic mass is 32.2. The first-order valence-corrected chi connectivity index (χ1v) is 10.7. The van der Waals surface area contributed by atoms with E-state index in [4.69, 9.17) is 5.73 Å². The van der Waals surface area contributed by atoms with Crippen LogP contribution < -0.4 is 11.2 Å². The molecule has 4 aromatic rings. The number of para-hydroxylation sites is 2. The summed E-state index contributed by atoms with van der Waals surface area (Å²) >= 11 is 2.96. The number of imidazole rings is 1. The minimum atomic E-state index is -0.274. The predicted molar refractivity (Wildman–Crippen MR) is 118 cm³/mol. The van der Waals surface area contributed by atoms with Crippen LogP contribution in [0.1, 0.15) is 28.5 Å². The Morgan fingerprint density at radius 1 is 1.21 bits per heavy atom. The Morgan fingerprint density at radius 3 is 2.72 bits per heavy atom. The van der Waals surface area contributed by atoms with Gasteiger partial charge >= 0.3 is 0 Å². The van der Waals surface area contributed by atoms with Crippen molar-refractivity contribution >= 4 is 50.9 Å². The summed E-state index contributed by atoms with van der Waals surface area (Å²) in [5.41, 5.74) is 13.1. The van der Waals surface area contributed by atoms with Crippen molar-refractivity contribution in [3.05, 3.63) is 70.7 Å². The lowest BCUT2D eigenvalue weighted by atomic mass is 10.1. The number of nitrogens with two attached hydrogens (primary N) is 1. The van der Waals surface area contributed by atoms with Crippen molar-refractivity contribution in [1.82, 2.24) is 20.4 Å². The quantitative estimate of drug-likeness (QED) is 0.247. The van der Waals surface area contributed by atoms with Crippen molar-refractivity contribution in [3.8, 4) is 0 Å². The second-order valence-electron chi connectivity index (χ2n) is 6.25. The molecule has 1 amide bonds. The largest absolute Gasteiger partial charge is 0.375 e. The number of fused-ring (bicyclic) bond motifs is 1. The predicted octanol–water partition coefficient (Wildman–Crippen LogP) is 4.05. The van der Waals surface area contributed by atoms with Crippen molar-refractivity contribution in [2.75, 3.05) is 5.73 Å². The Morgan fingerprint density at radius 2 is 2.00 bits per heavy atom. The molecule has 0 aliphatic heterocycles. The molecule has 4 rings (SSSR count). The zero-order valence-electron chi connectivity index (χ0n) is 15.5. The van der Waals surface area contributed by atoms with Gasteiger partial charge in [0.05, 0.1) is 22.4 Å². The highest BCUT2D eigenvalue weighted by Crippen LogP contribution is 2.23. The lowest BCUT2D eigenvalue weighted by Gasteiger charge is -2.03. The number of nitrogens with one attached hydrogen (secondary N) is 2. The molecule has 0 unspecified atom stereocenters. The number of carbonyl (C=O) groups excluding carboxylic acids is 1. The van der Waals surface area contributed by atoms with Gasteiger partial charge in [-0.05, 0) is 36.8 Å². The van der Waals surface area contributed by atoms with Gasteiger partial charge in [-0.1, -0.05) is 36.0 Å². The molecular formula is C20H18N6OS2. The van der Waals surface area contributed by atoms with Gasteiger partial charge in [0.15, 0.2) is 10.3 Å². The van der Waals surface area contributed by atoms with Gasteiger partial charge in [0.2, 0.25) is 0 Å². The summed E-state index contributed by atoms with van der Waals surface area (Å²) in [4.78, 5) is 24.3. The number of rotatable bonds is 6. The molecule has 0 spiro atoms. The van der Waals surface area contributed by atoms with Crippen LogP contribution in [0.5, 0.6) is 0 Å². The van der Waals surface area contributed by atoms with Crippen molar-refractivity contribution in [3.63, 3.8) is 0 Å². The first-order valence-electron chi connectivity index (χ1n) is 8.81. The average molecular weight is 423 g/mol. The molecule has 2 aromatic heterocycles. The molecule has 0 fully saturated rings. The van der Waals surface area contributed by atoms with E-state index in [9.17, 15) is 4.79 Å². The van der Waals surface area contributed by atoms with Crippen molar-refractivity contribution in [2.24, 2.45) is 5.10 Å². The SMILES string of the molecule is C/C(=N\NC(=O)c1ccc(CSc2nc3ccccc3[nH]2)cc1)c1csc(N)n1. The van der Waals surface area contributed by atoms with Gasteiger partial charge in [0.25, 0.3) is 5.91 Å². The maximum Gasteiger partial charge on any atom is 0.271 e. The number of hydrazone groups is 1. The van der Waals surface area contributed by atoms with Gasteiger partial charge in [0, 0.05) is 16.7 Å². The molecule has 0 aliphatic carbocycles. The molecule has 0 aliphatic rings. The normalized spacial score (nSPS) is 11.7. The van der Waals surface area contributed by atoms with Gasteiger partial charge in [-0.3, -0.25) is 4.79 Å². The molecule has 0 saturated heterocycles. The Bertz CT molecular complexity index is 1150. The minimum Gasteiger partial charge on any atom is -0.375 e. The van der Waals surface area contributed by atoms with Crippen LogP contribution in [0.2, 0.25) is 0 Å². The Kier molecular flexibility index (Phi) is 5.59. The van der Waals surface area contributed by atoms with Crippen LogP contribution in [0.3, 0.4) is 0 Å². The topological polar surface area (TPSA) is 109 Å². The fraction of sp³-hybridized carbons (Fsp3) is 0.100. The minimum absolute atomic E-state index is 0.274. The molecule has 9 heteroatoms. The van der Waals surface area contributed by atoms with Crippen LogP contribution in [0.25, 0.3) is 11.0 Å². The molecule has 2 aromatic carbocycles. The number of aromatic amines is 1. The molecule has 0 radical (unpaired) electrons. The number of hydrogen-bond acceptors (Lipinski definition) is 7. The van der Waals surface area contributed by atoms with E-state index in [0.29, 0.717) is 22.1 Å². The summed E-state index contributed by atoms with van der Waals surface area (Å²) in [7, 11) is 0. The number of benzene rings is 2.